The predicted molar refractivity (Wildman–Crippen MR) is 121 cm³/mol. The van der Waals surface area contributed by atoms with Crippen molar-refractivity contribution in [2.45, 2.75) is 13.5 Å². The van der Waals surface area contributed by atoms with E-state index in [0.717, 1.165) is 27.7 Å². The van der Waals surface area contributed by atoms with Crippen LogP contribution < -0.4 is 10.2 Å². The van der Waals surface area contributed by atoms with Crippen molar-refractivity contribution in [2.24, 2.45) is 5.10 Å². The molecule has 5 heteroatoms. The number of rotatable bonds is 7. The highest BCUT2D eigenvalue weighted by atomic mass is 32.1. The standard InChI is InChI=1S/C24H21N3OS/c1-18-7-5-6-10-21(18)16-28-22-13-11-19(12-14-22)15-25-27-24-26-23(17-29-24)20-8-3-2-4-9-20/h2-15,17H,16H2,1H3,(H,26,27). The molecule has 0 unspecified atom stereocenters. The number of nitrogens with zero attached hydrogens (tertiary/aromatic N) is 2. The number of hydrogen-bond donors (Lipinski definition) is 1. The second-order valence-electron chi connectivity index (χ2n) is 6.56. The van der Waals surface area contributed by atoms with Crippen LogP contribution in [-0.4, -0.2) is 11.2 Å². The molecule has 4 aromatic rings. The van der Waals surface area contributed by atoms with Crippen LogP contribution in [0.25, 0.3) is 11.3 Å². The summed E-state index contributed by atoms with van der Waals surface area (Å²) in [4.78, 5) is 4.56. The summed E-state index contributed by atoms with van der Waals surface area (Å²) in [5, 5.41) is 7.07. The maximum absolute atomic E-state index is 5.88. The second kappa shape index (κ2) is 9.17. The van der Waals surface area contributed by atoms with Crippen molar-refractivity contribution in [1.82, 2.24) is 4.98 Å². The highest BCUT2D eigenvalue weighted by molar-refractivity contribution is 7.14. The van der Waals surface area contributed by atoms with E-state index in [1.54, 1.807) is 6.21 Å². The van der Waals surface area contributed by atoms with Crippen molar-refractivity contribution in [2.75, 3.05) is 5.43 Å². The van der Waals surface area contributed by atoms with E-state index in [1.807, 2.05) is 72.1 Å². The van der Waals surface area contributed by atoms with Gasteiger partial charge in [0.1, 0.15) is 12.4 Å². The molecule has 29 heavy (non-hydrogen) atoms. The lowest BCUT2D eigenvalue weighted by molar-refractivity contribution is 0.305. The lowest BCUT2D eigenvalue weighted by atomic mass is 10.1. The molecule has 0 aliphatic heterocycles. The number of nitrogens with one attached hydrogen (secondary N) is 1. The van der Waals surface area contributed by atoms with Gasteiger partial charge in [-0.3, -0.25) is 5.43 Å². The molecule has 0 bridgehead atoms. The molecule has 4 nitrogen and oxygen atoms in total. The molecule has 3 aromatic carbocycles. The fraction of sp³-hybridized carbons (Fsp3) is 0.0833. The first-order valence-electron chi connectivity index (χ1n) is 9.35. The van der Waals surface area contributed by atoms with Crippen LogP contribution in [0.15, 0.2) is 89.3 Å². The van der Waals surface area contributed by atoms with E-state index in [9.17, 15) is 0 Å². The minimum Gasteiger partial charge on any atom is -0.489 e. The third kappa shape index (κ3) is 5.09. The number of aryl methyl sites for hydroxylation is 1. The van der Waals surface area contributed by atoms with Crippen LogP contribution in [0, 0.1) is 6.92 Å². The Kier molecular flexibility index (Phi) is 5.98. The van der Waals surface area contributed by atoms with Gasteiger partial charge < -0.3 is 4.74 Å². The van der Waals surface area contributed by atoms with Crippen molar-refractivity contribution in [3.63, 3.8) is 0 Å². The van der Waals surface area contributed by atoms with Crippen LogP contribution in [0.3, 0.4) is 0 Å². The summed E-state index contributed by atoms with van der Waals surface area (Å²) < 4.78 is 5.88. The van der Waals surface area contributed by atoms with Crippen LogP contribution in [0.2, 0.25) is 0 Å². The third-order valence-corrected chi connectivity index (χ3v) is 5.23. The number of thiazole rings is 1. The van der Waals surface area contributed by atoms with Crippen molar-refractivity contribution in [3.8, 4) is 17.0 Å². The molecule has 1 aromatic heterocycles. The molecule has 1 heterocycles. The topological polar surface area (TPSA) is 46.5 Å². The Morgan fingerprint density at radius 1 is 0.966 bits per heavy atom. The Balaban J connectivity index is 1.31. The highest BCUT2D eigenvalue weighted by Gasteiger charge is 2.03. The van der Waals surface area contributed by atoms with Gasteiger partial charge in [-0.05, 0) is 47.9 Å². The molecule has 0 atom stereocenters. The second-order valence-corrected chi connectivity index (χ2v) is 7.42. The third-order valence-electron chi connectivity index (χ3n) is 4.48. The molecule has 0 spiro atoms. The summed E-state index contributed by atoms with van der Waals surface area (Å²) in [7, 11) is 0. The smallest absolute Gasteiger partial charge is 0.203 e. The molecule has 0 fully saturated rings. The fourth-order valence-electron chi connectivity index (χ4n) is 2.81. The van der Waals surface area contributed by atoms with Gasteiger partial charge in [0, 0.05) is 10.9 Å². The maximum atomic E-state index is 5.88. The zero-order valence-corrected chi connectivity index (χ0v) is 16.9. The minimum absolute atomic E-state index is 0.565. The number of ether oxygens (including phenoxy) is 1. The number of benzene rings is 3. The number of hydrazone groups is 1. The van der Waals surface area contributed by atoms with Gasteiger partial charge in [0.05, 0.1) is 11.9 Å². The zero-order chi connectivity index (χ0) is 19.9. The molecule has 0 aliphatic carbocycles. The molecule has 0 saturated heterocycles. The van der Waals surface area contributed by atoms with E-state index in [2.05, 4.69) is 34.6 Å². The molecular weight excluding hydrogens is 378 g/mol. The van der Waals surface area contributed by atoms with E-state index in [-0.39, 0.29) is 0 Å². The molecule has 0 amide bonds. The Morgan fingerprint density at radius 2 is 1.72 bits per heavy atom. The monoisotopic (exact) mass is 399 g/mol. The Hall–Kier alpha value is -3.44. The predicted octanol–water partition coefficient (Wildman–Crippen LogP) is 6.14. The fourth-order valence-corrected chi connectivity index (χ4v) is 3.48. The SMILES string of the molecule is Cc1ccccc1COc1ccc(C=NNc2nc(-c3ccccc3)cs2)cc1. The Labute approximate surface area is 174 Å². The minimum atomic E-state index is 0.565. The van der Waals surface area contributed by atoms with Crippen LogP contribution in [0.1, 0.15) is 16.7 Å². The summed E-state index contributed by atoms with van der Waals surface area (Å²) >= 11 is 1.53. The van der Waals surface area contributed by atoms with Gasteiger partial charge in [0.25, 0.3) is 0 Å². The molecular formula is C24H21N3OS. The van der Waals surface area contributed by atoms with Gasteiger partial charge >= 0.3 is 0 Å². The summed E-state index contributed by atoms with van der Waals surface area (Å²) in [5.41, 5.74) is 8.46. The average molecular weight is 400 g/mol. The number of aromatic nitrogens is 1. The van der Waals surface area contributed by atoms with Crippen LogP contribution >= 0.6 is 11.3 Å². The van der Waals surface area contributed by atoms with Gasteiger partial charge in [0.2, 0.25) is 5.13 Å². The molecule has 1 N–H and O–H groups in total. The van der Waals surface area contributed by atoms with E-state index < -0.39 is 0 Å². The molecule has 0 aliphatic rings. The van der Waals surface area contributed by atoms with Gasteiger partial charge in [-0.2, -0.15) is 5.10 Å². The van der Waals surface area contributed by atoms with Crippen molar-refractivity contribution in [3.05, 3.63) is 101 Å². The first-order valence-corrected chi connectivity index (χ1v) is 10.2. The lowest BCUT2D eigenvalue weighted by Crippen LogP contribution is -1.97. The first kappa shape index (κ1) is 18.9. The average Bonchev–Trinajstić information content (AvgIpc) is 3.24. The van der Waals surface area contributed by atoms with Crippen molar-refractivity contribution < 1.29 is 4.74 Å². The summed E-state index contributed by atoms with van der Waals surface area (Å²) in [6, 6.07) is 26.2. The zero-order valence-electron chi connectivity index (χ0n) is 16.1. The maximum Gasteiger partial charge on any atom is 0.203 e. The summed E-state index contributed by atoms with van der Waals surface area (Å²) in [6.07, 6.45) is 1.77. The quantitative estimate of drug-likeness (QED) is 0.300. The largest absolute Gasteiger partial charge is 0.489 e. The normalized spacial score (nSPS) is 10.9. The Bertz CT molecular complexity index is 1090. The van der Waals surface area contributed by atoms with Gasteiger partial charge in [-0.15, -0.1) is 11.3 Å². The number of hydrogen-bond acceptors (Lipinski definition) is 5. The van der Waals surface area contributed by atoms with Crippen LogP contribution in [0.4, 0.5) is 5.13 Å². The lowest BCUT2D eigenvalue weighted by Gasteiger charge is -2.08. The van der Waals surface area contributed by atoms with Gasteiger partial charge in [-0.1, -0.05) is 54.6 Å². The van der Waals surface area contributed by atoms with Gasteiger partial charge in [0.15, 0.2) is 0 Å². The van der Waals surface area contributed by atoms with E-state index >= 15 is 0 Å². The summed E-state index contributed by atoms with van der Waals surface area (Å²) in [5.74, 6) is 0.839. The van der Waals surface area contributed by atoms with Crippen molar-refractivity contribution >= 4 is 22.7 Å². The van der Waals surface area contributed by atoms with E-state index in [4.69, 9.17) is 4.74 Å². The molecule has 4 rings (SSSR count). The van der Waals surface area contributed by atoms with Crippen LogP contribution in [0.5, 0.6) is 5.75 Å². The molecule has 144 valence electrons. The van der Waals surface area contributed by atoms with E-state index in [0.29, 0.717) is 6.61 Å². The number of anilines is 1. The Morgan fingerprint density at radius 3 is 2.52 bits per heavy atom. The molecule has 0 saturated carbocycles. The van der Waals surface area contributed by atoms with Gasteiger partial charge in [-0.25, -0.2) is 4.98 Å². The first-order chi connectivity index (χ1) is 14.3. The summed E-state index contributed by atoms with van der Waals surface area (Å²) in [6.45, 7) is 2.66. The van der Waals surface area contributed by atoms with Crippen molar-refractivity contribution in [1.29, 1.82) is 0 Å². The molecule has 0 radical (unpaired) electrons. The van der Waals surface area contributed by atoms with Crippen LogP contribution in [-0.2, 0) is 6.61 Å². The van der Waals surface area contributed by atoms with E-state index in [1.165, 1.54) is 22.5 Å². The highest BCUT2D eigenvalue weighted by Crippen LogP contribution is 2.24.